The predicted molar refractivity (Wildman–Crippen MR) is 71.2 cm³/mol. The number of nitrogens with two attached hydrogens (primary N) is 1. The number of benzene rings is 1. The van der Waals surface area contributed by atoms with Crippen LogP contribution in [-0.4, -0.2) is 31.1 Å². The number of nitrogen functional groups attached to an aromatic ring is 1. The molecule has 0 heterocycles. The first-order valence-corrected chi connectivity index (χ1v) is 6.44. The molecule has 3 nitrogen and oxygen atoms in total. The Morgan fingerprint density at radius 1 is 1.35 bits per heavy atom. The van der Waals surface area contributed by atoms with E-state index in [-0.39, 0.29) is 0 Å². The number of hydrogen-bond acceptors (Lipinski definition) is 3. The average Bonchev–Trinajstić information content (AvgIpc) is 2.82. The molecule has 2 rings (SSSR count). The van der Waals surface area contributed by atoms with Crippen LogP contribution >= 0.6 is 0 Å². The van der Waals surface area contributed by atoms with Crippen LogP contribution in [0, 0.1) is 0 Å². The number of anilines is 1. The van der Waals surface area contributed by atoms with Gasteiger partial charge in [0.05, 0.1) is 0 Å². The lowest BCUT2D eigenvalue weighted by molar-refractivity contribution is 0.193. The van der Waals surface area contributed by atoms with Crippen molar-refractivity contribution in [3.63, 3.8) is 0 Å². The Morgan fingerprint density at radius 3 is 2.82 bits per heavy atom. The second kappa shape index (κ2) is 5.92. The number of likely N-dealkylation sites (N-methyl/N-ethyl adjacent to an activating group) is 1. The molecule has 17 heavy (non-hydrogen) atoms. The van der Waals surface area contributed by atoms with Gasteiger partial charge in [-0.1, -0.05) is 18.9 Å². The van der Waals surface area contributed by atoms with E-state index in [4.69, 9.17) is 10.5 Å². The molecule has 1 aromatic carbocycles. The van der Waals surface area contributed by atoms with Crippen molar-refractivity contribution in [3.8, 4) is 5.75 Å². The van der Waals surface area contributed by atoms with Gasteiger partial charge in [0.25, 0.3) is 0 Å². The Kier molecular flexibility index (Phi) is 4.26. The smallest absolute Gasteiger partial charge is 0.121 e. The van der Waals surface area contributed by atoms with Crippen molar-refractivity contribution < 1.29 is 4.74 Å². The van der Waals surface area contributed by atoms with E-state index in [9.17, 15) is 0 Å². The van der Waals surface area contributed by atoms with Gasteiger partial charge in [0, 0.05) is 24.3 Å². The summed E-state index contributed by atoms with van der Waals surface area (Å²) in [5, 5.41) is 0. The molecule has 1 fully saturated rings. The SMILES string of the molecule is CN(CCOc1cccc(N)c1)C1CCCC1. The minimum Gasteiger partial charge on any atom is -0.492 e. The summed E-state index contributed by atoms with van der Waals surface area (Å²) in [6.07, 6.45) is 5.44. The van der Waals surface area contributed by atoms with Crippen molar-refractivity contribution in [2.45, 2.75) is 31.7 Å². The number of ether oxygens (including phenoxy) is 1. The summed E-state index contributed by atoms with van der Waals surface area (Å²) in [6, 6.07) is 8.38. The first-order chi connectivity index (χ1) is 8.25. The van der Waals surface area contributed by atoms with Crippen molar-refractivity contribution in [1.29, 1.82) is 0 Å². The van der Waals surface area contributed by atoms with E-state index >= 15 is 0 Å². The number of hydrogen-bond donors (Lipinski definition) is 1. The summed E-state index contributed by atoms with van der Waals surface area (Å²) < 4.78 is 5.70. The molecule has 1 saturated carbocycles. The van der Waals surface area contributed by atoms with Gasteiger partial charge in [-0.15, -0.1) is 0 Å². The second-order valence-corrected chi connectivity index (χ2v) is 4.84. The summed E-state index contributed by atoms with van der Waals surface area (Å²) in [6.45, 7) is 1.72. The largest absolute Gasteiger partial charge is 0.492 e. The molecule has 0 unspecified atom stereocenters. The molecule has 0 spiro atoms. The van der Waals surface area contributed by atoms with Crippen LogP contribution in [0.1, 0.15) is 25.7 Å². The van der Waals surface area contributed by atoms with Crippen LogP contribution in [0.25, 0.3) is 0 Å². The molecule has 0 saturated heterocycles. The van der Waals surface area contributed by atoms with Crippen LogP contribution in [0.15, 0.2) is 24.3 Å². The Balaban J connectivity index is 1.71. The number of nitrogens with zero attached hydrogens (tertiary/aromatic N) is 1. The fraction of sp³-hybridized carbons (Fsp3) is 0.571. The first kappa shape index (κ1) is 12.2. The maximum absolute atomic E-state index is 5.70. The van der Waals surface area contributed by atoms with Gasteiger partial charge in [0.1, 0.15) is 12.4 Å². The second-order valence-electron chi connectivity index (χ2n) is 4.84. The summed E-state index contributed by atoms with van der Waals surface area (Å²) in [5.41, 5.74) is 6.46. The summed E-state index contributed by atoms with van der Waals surface area (Å²) in [4.78, 5) is 2.42. The van der Waals surface area contributed by atoms with Gasteiger partial charge in [-0.2, -0.15) is 0 Å². The highest BCUT2D eigenvalue weighted by atomic mass is 16.5. The molecule has 1 aliphatic carbocycles. The third-order valence-corrected chi connectivity index (χ3v) is 3.52. The van der Waals surface area contributed by atoms with E-state index in [1.165, 1.54) is 25.7 Å². The Morgan fingerprint density at radius 2 is 2.12 bits per heavy atom. The normalized spacial score (nSPS) is 16.6. The minimum atomic E-state index is 0.733. The molecule has 0 radical (unpaired) electrons. The summed E-state index contributed by atoms with van der Waals surface area (Å²) in [7, 11) is 2.19. The molecule has 94 valence electrons. The lowest BCUT2D eigenvalue weighted by Crippen LogP contribution is -2.32. The van der Waals surface area contributed by atoms with Crippen molar-refractivity contribution in [3.05, 3.63) is 24.3 Å². The molecule has 0 amide bonds. The lowest BCUT2D eigenvalue weighted by atomic mass is 10.2. The summed E-state index contributed by atoms with van der Waals surface area (Å²) >= 11 is 0. The zero-order valence-corrected chi connectivity index (χ0v) is 10.6. The van der Waals surface area contributed by atoms with Crippen LogP contribution in [-0.2, 0) is 0 Å². The number of rotatable bonds is 5. The van der Waals surface area contributed by atoms with Gasteiger partial charge >= 0.3 is 0 Å². The Hall–Kier alpha value is -1.22. The molecule has 1 aliphatic rings. The fourth-order valence-electron chi connectivity index (χ4n) is 2.44. The monoisotopic (exact) mass is 234 g/mol. The molecular weight excluding hydrogens is 212 g/mol. The quantitative estimate of drug-likeness (QED) is 0.796. The zero-order chi connectivity index (χ0) is 12.1. The van der Waals surface area contributed by atoms with Crippen molar-refractivity contribution in [1.82, 2.24) is 4.90 Å². The zero-order valence-electron chi connectivity index (χ0n) is 10.6. The van der Waals surface area contributed by atoms with Crippen molar-refractivity contribution >= 4 is 5.69 Å². The van der Waals surface area contributed by atoms with Gasteiger partial charge in [0.2, 0.25) is 0 Å². The third kappa shape index (κ3) is 3.63. The van der Waals surface area contributed by atoms with E-state index in [1.807, 2.05) is 24.3 Å². The van der Waals surface area contributed by atoms with E-state index < -0.39 is 0 Å². The van der Waals surface area contributed by atoms with Gasteiger partial charge < -0.3 is 15.4 Å². The molecule has 2 N–H and O–H groups in total. The van der Waals surface area contributed by atoms with E-state index in [0.29, 0.717) is 0 Å². The minimum absolute atomic E-state index is 0.733. The average molecular weight is 234 g/mol. The van der Waals surface area contributed by atoms with Crippen molar-refractivity contribution in [2.24, 2.45) is 0 Å². The maximum Gasteiger partial charge on any atom is 0.121 e. The topological polar surface area (TPSA) is 38.5 Å². The fourth-order valence-corrected chi connectivity index (χ4v) is 2.44. The van der Waals surface area contributed by atoms with Crippen molar-refractivity contribution in [2.75, 3.05) is 25.9 Å². The standard InChI is InChI=1S/C14H22N2O/c1-16(13-6-2-3-7-13)9-10-17-14-8-4-5-12(15)11-14/h4-5,8,11,13H,2-3,6-7,9-10,15H2,1H3. The van der Waals surface area contributed by atoms with Crippen LogP contribution in [0.4, 0.5) is 5.69 Å². The first-order valence-electron chi connectivity index (χ1n) is 6.44. The van der Waals surface area contributed by atoms with E-state index in [0.717, 1.165) is 30.6 Å². The van der Waals surface area contributed by atoms with E-state index in [2.05, 4.69) is 11.9 Å². The molecule has 0 bridgehead atoms. The third-order valence-electron chi connectivity index (χ3n) is 3.52. The molecule has 0 aromatic heterocycles. The highest BCUT2D eigenvalue weighted by molar-refractivity contribution is 5.43. The Bertz CT molecular complexity index is 348. The molecule has 3 heteroatoms. The summed E-state index contributed by atoms with van der Waals surface area (Å²) in [5.74, 6) is 0.866. The van der Waals surface area contributed by atoms with E-state index in [1.54, 1.807) is 0 Å². The molecular formula is C14H22N2O. The van der Waals surface area contributed by atoms with Gasteiger partial charge in [-0.3, -0.25) is 0 Å². The van der Waals surface area contributed by atoms with Crippen LogP contribution in [0.2, 0.25) is 0 Å². The molecule has 1 aromatic rings. The molecule has 0 atom stereocenters. The van der Waals surface area contributed by atoms with Crippen LogP contribution < -0.4 is 10.5 Å². The highest BCUT2D eigenvalue weighted by Gasteiger charge is 2.18. The van der Waals surface area contributed by atoms with Gasteiger partial charge in [-0.25, -0.2) is 0 Å². The lowest BCUT2D eigenvalue weighted by Gasteiger charge is -2.23. The van der Waals surface area contributed by atoms with Crippen LogP contribution in [0.5, 0.6) is 5.75 Å². The van der Waals surface area contributed by atoms with Crippen LogP contribution in [0.3, 0.4) is 0 Å². The van der Waals surface area contributed by atoms with Gasteiger partial charge in [0.15, 0.2) is 0 Å². The van der Waals surface area contributed by atoms with Gasteiger partial charge in [-0.05, 0) is 32.0 Å². The maximum atomic E-state index is 5.70. The highest BCUT2D eigenvalue weighted by Crippen LogP contribution is 2.22. The predicted octanol–water partition coefficient (Wildman–Crippen LogP) is 2.52. The Labute approximate surface area is 104 Å². The molecule has 0 aliphatic heterocycles.